The predicted octanol–water partition coefficient (Wildman–Crippen LogP) is 4.72. The van der Waals surface area contributed by atoms with Crippen molar-refractivity contribution >= 4 is 5.52 Å². The summed E-state index contributed by atoms with van der Waals surface area (Å²) < 4.78 is 45.7. The number of hydrogen-bond donors (Lipinski definition) is 2. The fraction of sp³-hybridized carbons (Fsp3) is 0.733. The summed E-state index contributed by atoms with van der Waals surface area (Å²) in [7, 11) is 2.06. The van der Waals surface area contributed by atoms with Crippen LogP contribution in [0.3, 0.4) is 0 Å². The second-order valence-electron chi connectivity index (χ2n) is 13.3. The minimum Gasteiger partial charge on any atom is -0.299 e. The Kier molecular flexibility index (Phi) is 7.72. The maximum Gasteiger partial charge on any atom is 0.418 e. The fourth-order valence-corrected chi connectivity index (χ4v) is 7.79. The quantitative estimate of drug-likeness (QED) is 0.499. The van der Waals surface area contributed by atoms with Crippen LogP contribution in [0.5, 0.6) is 0 Å². The minimum absolute atomic E-state index is 0.0697. The molecule has 6 rings (SSSR count). The highest BCUT2D eigenvalue weighted by Gasteiger charge is 2.49. The first kappa shape index (κ1) is 28.7. The zero-order valence-electron chi connectivity index (χ0n) is 24.1. The SMILES string of the molecule is C[C@H]1CCCN(Cc2cc(C(F)(F)F)c3cn(C4CCCC([C@H](CC5(C#N)CC5)C5NNCN5C)C4)c(=O)n3c2)C1. The number of nitriles is 1. The molecule has 41 heavy (non-hydrogen) atoms. The van der Waals surface area contributed by atoms with Gasteiger partial charge in [0.2, 0.25) is 0 Å². The molecule has 2 aliphatic carbocycles. The molecule has 0 radical (unpaired) electrons. The standard InChI is InChI=1S/C30H42F3N7O/c1-20-5-4-10-38(14-20)15-21-11-25(30(31,32)33)26-17-39(28(41)40(26)16-21)23-7-3-6-22(12-23)24(13-29(18-34)8-9-29)27-36-35-19-37(27)2/h11,16-17,20,22-24,27,35-36H,3-10,12-15,19H2,1-2H3/t20-,22?,23?,24-,27?/m0/s1. The number of aromatic nitrogens is 2. The van der Waals surface area contributed by atoms with E-state index in [1.165, 1.54) is 16.7 Å². The van der Waals surface area contributed by atoms with Gasteiger partial charge in [0.15, 0.2) is 0 Å². The summed E-state index contributed by atoms with van der Waals surface area (Å²) in [5, 5.41) is 9.85. The van der Waals surface area contributed by atoms with E-state index in [0.717, 1.165) is 70.9 Å². The van der Waals surface area contributed by atoms with Crippen molar-refractivity contribution in [3.8, 4) is 6.07 Å². The van der Waals surface area contributed by atoms with Crippen LogP contribution in [0.1, 0.15) is 81.9 Å². The van der Waals surface area contributed by atoms with Crippen molar-refractivity contribution in [3.05, 3.63) is 40.1 Å². The van der Waals surface area contributed by atoms with E-state index in [9.17, 15) is 23.2 Å². The van der Waals surface area contributed by atoms with Gasteiger partial charge in [-0.05, 0) is 94.3 Å². The van der Waals surface area contributed by atoms with Crippen molar-refractivity contribution in [2.45, 2.75) is 89.6 Å². The highest BCUT2D eigenvalue weighted by Crippen LogP contribution is 2.53. The molecular weight excluding hydrogens is 531 g/mol. The second-order valence-corrected chi connectivity index (χ2v) is 13.3. The highest BCUT2D eigenvalue weighted by molar-refractivity contribution is 5.56. The van der Waals surface area contributed by atoms with E-state index in [-0.39, 0.29) is 35.0 Å². The minimum atomic E-state index is -4.56. The lowest BCUT2D eigenvalue weighted by Crippen LogP contribution is -2.46. The smallest absolute Gasteiger partial charge is 0.299 e. The number of fused-ring (bicyclic) bond motifs is 1. The molecule has 4 fully saturated rings. The maximum atomic E-state index is 14.3. The molecule has 4 aliphatic rings. The molecule has 2 aliphatic heterocycles. The average molecular weight is 574 g/mol. The number of alkyl halides is 3. The van der Waals surface area contributed by atoms with Gasteiger partial charge >= 0.3 is 11.9 Å². The number of hydrogen-bond acceptors (Lipinski definition) is 6. The van der Waals surface area contributed by atoms with E-state index < -0.39 is 17.4 Å². The van der Waals surface area contributed by atoms with Gasteiger partial charge in [-0.15, -0.1) is 0 Å². The van der Waals surface area contributed by atoms with Crippen molar-refractivity contribution < 1.29 is 13.2 Å². The zero-order valence-corrected chi connectivity index (χ0v) is 24.1. The molecule has 11 heteroatoms. The zero-order chi connectivity index (χ0) is 28.9. The molecule has 2 saturated heterocycles. The Morgan fingerprint density at radius 1 is 1.20 bits per heavy atom. The van der Waals surface area contributed by atoms with Gasteiger partial charge in [-0.1, -0.05) is 13.3 Å². The lowest BCUT2D eigenvalue weighted by Gasteiger charge is -2.40. The number of nitrogens with one attached hydrogen (secondary N) is 2. The van der Waals surface area contributed by atoms with Crippen LogP contribution in [0.25, 0.3) is 5.52 Å². The van der Waals surface area contributed by atoms with E-state index in [0.29, 0.717) is 24.7 Å². The topological polar surface area (TPSA) is 80.7 Å². The number of pyridine rings is 1. The average Bonchev–Trinajstić information content (AvgIpc) is 3.47. The van der Waals surface area contributed by atoms with Gasteiger partial charge < -0.3 is 0 Å². The Balaban J connectivity index is 1.30. The third-order valence-electron chi connectivity index (χ3n) is 10.2. The molecule has 224 valence electrons. The van der Waals surface area contributed by atoms with Gasteiger partial charge in [0.05, 0.1) is 35.4 Å². The molecule has 0 aromatic carbocycles. The third-order valence-corrected chi connectivity index (χ3v) is 10.2. The second kappa shape index (κ2) is 11.0. The van der Waals surface area contributed by atoms with Crippen LogP contribution in [-0.4, -0.2) is 51.7 Å². The van der Waals surface area contributed by atoms with E-state index in [1.807, 2.05) is 0 Å². The summed E-state index contributed by atoms with van der Waals surface area (Å²) in [6.07, 6.45) is 6.76. The number of imidazole rings is 1. The van der Waals surface area contributed by atoms with Crippen LogP contribution in [0.4, 0.5) is 13.2 Å². The normalized spacial score (nSPS) is 30.0. The number of halogens is 3. The number of nitrogens with zero attached hydrogens (tertiary/aromatic N) is 5. The summed E-state index contributed by atoms with van der Waals surface area (Å²) in [4.78, 5) is 18.2. The molecule has 2 aromatic rings. The first-order valence-corrected chi connectivity index (χ1v) is 15.2. The van der Waals surface area contributed by atoms with Crippen LogP contribution in [-0.2, 0) is 12.7 Å². The number of hydrazine groups is 1. The summed E-state index contributed by atoms with van der Waals surface area (Å²) in [6.45, 7) is 5.00. The van der Waals surface area contributed by atoms with Gasteiger partial charge in [-0.2, -0.15) is 18.4 Å². The van der Waals surface area contributed by atoms with Crippen molar-refractivity contribution in [3.63, 3.8) is 0 Å². The van der Waals surface area contributed by atoms with Crippen molar-refractivity contribution in [1.29, 1.82) is 5.26 Å². The summed E-state index contributed by atoms with van der Waals surface area (Å²) in [5.41, 5.74) is 5.66. The third kappa shape index (κ3) is 5.81. The molecule has 0 bridgehead atoms. The van der Waals surface area contributed by atoms with Crippen molar-refractivity contribution in [1.82, 2.24) is 29.6 Å². The highest BCUT2D eigenvalue weighted by atomic mass is 19.4. The molecular formula is C30H42F3N7O. The number of likely N-dealkylation sites (tertiary alicyclic amines) is 1. The van der Waals surface area contributed by atoms with Gasteiger partial charge in [0.1, 0.15) is 0 Å². The monoisotopic (exact) mass is 573 g/mol. The molecule has 2 saturated carbocycles. The van der Waals surface area contributed by atoms with E-state index in [2.05, 4.69) is 40.7 Å². The molecule has 8 nitrogen and oxygen atoms in total. The first-order valence-electron chi connectivity index (χ1n) is 15.2. The number of piperidine rings is 1. The molecule has 2 N–H and O–H groups in total. The Morgan fingerprint density at radius 2 is 2.00 bits per heavy atom. The van der Waals surface area contributed by atoms with Crippen LogP contribution in [0.2, 0.25) is 0 Å². The Bertz CT molecular complexity index is 1360. The van der Waals surface area contributed by atoms with Gasteiger partial charge in [0, 0.05) is 31.5 Å². The first-order chi connectivity index (χ1) is 19.6. The van der Waals surface area contributed by atoms with Crippen LogP contribution >= 0.6 is 0 Å². The molecule has 0 amide bonds. The van der Waals surface area contributed by atoms with Gasteiger partial charge in [0.25, 0.3) is 0 Å². The van der Waals surface area contributed by atoms with E-state index in [1.54, 1.807) is 10.8 Å². The summed E-state index contributed by atoms with van der Waals surface area (Å²) in [6, 6.07) is 3.62. The Labute approximate surface area is 239 Å². The van der Waals surface area contributed by atoms with Crippen LogP contribution < -0.4 is 16.5 Å². The lowest BCUT2D eigenvalue weighted by molar-refractivity contribution is -0.136. The van der Waals surface area contributed by atoms with Crippen molar-refractivity contribution in [2.75, 3.05) is 26.8 Å². The maximum absolute atomic E-state index is 14.3. The summed E-state index contributed by atoms with van der Waals surface area (Å²) >= 11 is 0. The Hall–Kier alpha value is -2.39. The molecule has 4 heterocycles. The van der Waals surface area contributed by atoms with Gasteiger partial charge in [-0.3, -0.25) is 18.8 Å². The molecule has 3 unspecified atom stereocenters. The largest absolute Gasteiger partial charge is 0.418 e. The predicted molar refractivity (Wildman–Crippen MR) is 149 cm³/mol. The van der Waals surface area contributed by atoms with Crippen LogP contribution in [0, 0.1) is 34.5 Å². The van der Waals surface area contributed by atoms with Crippen molar-refractivity contribution in [2.24, 2.45) is 23.2 Å². The lowest BCUT2D eigenvalue weighted by atomic mass is 9.72. The molecule has 2 aromatic heterocycles. The number of rotatable bonds is 7. The van der Waals surface area contributed by atoms with E-state index in [4.69, 9.17) is 0 Å². The molecule has 0 spiro atoms. The fourth-order valence-electron chi connectivity index (χ4n) is 7.79. The molecule has 5 atom stereocenters. The van der Waals surface area contributed by atoms with Crippen LogP contribution in [0.15, 0.2) is 23.3 Å². The Morgan fingerprint density at radius 3 is 2.66 bits per heavy atom. The summed E-state index contributed by atoms with van der Waals surface area (Å²) in [5.74, 6) is 0.976. The van der Waals surface area contributed by atoms with E-state index >= 15 is 0 Å². The van der Waals surface area contributed by atoms with Gasteiger partial charge in [-0.25, -0.2) is 15.6 Å².